The molecule has 3 aliphatic rings. The summed E-state index contributed by atoms with van der Waals surface area (Å²) in [4.78, 5) is 0. The van der Waals surface area contributed by atoms with E-state index < -0.39 is 9.04 Å². The minimum Gasteiger partial charge on any atom is -0.404 e. The largest absolute Gasteiger partial charge is 0.404 e. The number of rotatable bonds is 5. The fourth-order valence-electron chi connectivity index (χ4n) is 3.90. The van der Waals surface area contributed by atoms with E-state index in [0.29, 0.717) is 17.9 Å². The number of ether oxygens (including phenoxy) is 1. The average molecular weight is 368 g/mol. The highest BCUT2D eigenvalue weighted by Crippen LogP contribution is 2.38. The second kappa shape index (κ2) is 9.49. The third kappa shape index (κ3) is 4.64. The van der Waals surface area contributed by atoms with Crippen LogP contribution in [0.1, 0.15) is 50.3 Å². The molecule has 0 aliphatic heterocycles. The van der Waals surface area contributed by atoms with Gasteiger partial charge in [0.2, 0.25) is 9.04 Å². The Kier molecular flexibility index (Phi) is 7.06. The van der Waals surface area contributed by atoms with Crippen LogP contribution in [0.2, 0.25) is 6.55 Å². The molecule has 139 valence electrons. The van der Waals surface area contributed by atoms with Gasteiger partial charge in [-0.25, -0.2) is 0 Å². The monoisotopic (exact) mass is 367 g/mol. The molecule has 4 unspecified atom stereocenters. The van der Waals surface area contributed by atoms with Crippen LogP contribution in [-0.4, -0.2) is 21.4 Å². The quantitative estimate of drug-likeness (QED) is 0.605. The first kappa shape index (κ1) is 19.3. The Hall–Kier alpha value is -1.42. The Morgan fingerprint density at radius 2 is 1.81 bits per heavy atom. The molecule has 3 aliphatic carbocycles. The molecule has 4 rings (SSSR count). The van der Waals surface area contributed by atoms with Crippen molar-refractivity contribution in [3.05, 3.63) is 65.8 Å². The molecule has 1 saturated carbocycles. The van der Waals surface area contributed by atoms with Crippen LogP contribution in [0, 0.1) is 11.8 Å². The molecule has 0 saturated heterocycles. The molecule has 3 heteroatoms. The molecule has 0 N–H and O–H groups in total. The van der Waals surface area contributed by atoms with Gasteiger partial charge in [-0.2, -0.15) is 0 Å². The number of fused-ring (bicyclic) bond motifs is 2. The molecule has 26 heavy (non-hydrogen) atoms. The van der Waals surface area contributed by atoms with Crippen LogP contribution in [0.15, 0.2) is 54.6 Å². The normalized spacial score (nSPS) is 28.0. The minimum atomic E-state index is -0.954. The summed E-state index contributed by atoms with van der Waals surface area (Å²) < 4.78 is 12.5. The highest BCUT2D eigenvalue weighted by Gasteiger charge is 2.35. The molecule has 0 amide bonds. The first-order chi connectivity index (χ1) is 12.7. The van der Waals surface area contributed by atoms with E-state index in [0.717, 1.165) is 6.23 Å². The van der Waals surface area contributed by atoms with Gasteiger partial charge >= 0.3 is 0 Å². The molecular formula is C23H31O2Si. The van der Waals surface area contributed by atoms with E-state index in [2.05, 4.69) is 81.1 Å². The molecule has 1 aromatic carbocycles. The first-order valence-electron chi connectivity index (χ1n) is 9.95. The van der Waals surface area contributed by atoms with E-state index >= 15 is 0 Å². The molecule has 0 spiro atoms. The lowest BCUT2D eigenvalue weighted by molar-refractivity contribution is 0.0557. The Labute approximate surface area is 160 Å². The summed E-state index contributed by atoms with van der Waals surface area (Å²) in [7, 11) is -0.954. The smallest absolute Gasteiger partial charge is 0.236 e. The van der Waals surface area contributed by atoms with Crippen molar-refractivity contribution in [3.63, 3.8) is 0 Å². The summed E-state index contributed by atoms with van der Waals surface area (Å²) in [6.07, 6.45) is 18.2. The second-order valence-electron chi connectivity index (χ2n) is 7.37. The zero-order valence-electron chi connectivity index (χ0n) is 16.2. The Morgan fingerprint density at radius 1 is 1.04 bits per heavy atom. The van der Waals surface area contributed by atoms with Crippen molar-refractivity contribution in [2.45, 2.75) is 51.9 Å². The Morgan fingerprint density at radius 3 is 2.65 bits per heavy atom. The van der Waals surface area contributed by atoms with E-state index in [1.165, 1.54) is 30.4 Å². The van der Waals surface area contributed by atoms with Gasteiger partial charge in [-0.1, -0.05) is 81.0 Å². The van der Waals surface area contributed by atoms with Gasteiger partial charge in [0.15, 0.2) is 0 Å². The Bertz CT molecular complexity index is 664. The van der Waals surface area contributed by atoms with Crippen molar-refractivity contribution < 1.29 is 9.16 Å². The fraction of sp³-hybridized carbons (Fsp3) is 0.478. The van der Waals surface area contributed by atoms with Crippen LogP contribution in [-0.2, 0) is 9.16 Å². The predicted octanol–water partition coefficient (Wildman–Crippen LogP) is 5.89. The first-order valence-corrected chi connectivity index (χ1v) is 12.1. The number of benzene rings is 1. The number of hydrogen-bond donors (Lipinski definition) is 0. The molecular weight excluding hydrogens is 336 g/mol. The minimum absolute atomic E-state index is 0.113. The summed E-state index contributed by atoms with van der Waals surface area (Å²) in [6.45, 7) is 6.46. The van der Waals surface area contributed by atoms with Gasteiger partial charge in [0.1, 0.15) is 0 Å². The summed E-state index contributed by atoms with van der Waals surface area (Å²) in [5.74, 6) is 1.25. The van der Waals surface area contributed by atoms with E-state index in [-0.39, 0.29) is 6.10 Å². The predicted molar refractivity (Wildman–Crippen MR) is 111 cm³/mol. The maximum atomic E-state index is 6.29. The maximum absolute atomic E-state index is 6.29. The highest BCUT2D eigenvalue weighted by molar-refractivity contribution is 6.50. The van der Waals surface area contributed by atoms with Crippen molar-refractivity contribution >= 4 is 15.1 Å². The lowest BCUT2D eigenvalue weighted by atomic mass is 9.91. The second-order valence-corrected chi connectivity index (χ2v) is 9.30. The fourth-order valence-corrected chi connectivity index (χ4v) is 5.05. The summed E-state index contributed by atoms with van der Waals surface area (Å²) in [6, 6.07) is 8.48. The third-order valence-electron chi connectivity index (χ3n) is 5.09. The molecule has 2 nitrogen and oxygen atoms in total. The van der Waals surface area contributed by atoms with Crippen molar-refractivity contribution in [3.8, 4) is 0 Å². The number of hydrogen-bond acceptors (Lipinski definition) is 2. The van der Waals surface area contributed by atoms with Gasteiger partial charge in [-0.15, -0.1) is 0 Å². The van der Waals surface area contributed by atoms with E-state index in [9.17, 15) is 0 Å². The molecule has 0 heterocycles. The summed E-state index contributed by atoms with van der Waals surface area (Å²) in [5, 5.41) is 0. The van der Waals surface area contributed by atoms with Crippen LogP contribution in [0.5, 0.6) is 0 Å². The van der Waals surface area contributed by atoms with Crippen LogP contribution in [0.25, 0.3) is 6.08 Å². The standard InChI is InChI=1S/C20H23O2Si.C3H8/c1-23(22-20-13-11-16-7-3-5-9-18(16)20)14-21-19-12-10-15-6-2-4-8-17(15)19;1-3-2/h2-9,11,13,15,17,19-20H,10,12,14H2,1H3;3H2,1-2H3. The average Bonchev–Trinajstić information content (AvgIpc) is 3.25. The van der Waals surface area contributed by atoms with Crippen LogP contribution < -0.4 is 0 Å². The van der Waals surface area contributed by atoms with Gasteiger partial charge in [-0.05, 0) is 36.4 Å². The van der Waals surface area contributed by atoms with Crippen molar-refractivity contribution in [1.29, 1.82) is 0 Å². The summed E-state index contributed by atoms with van der Waals surface area (Å²) in [5.41, 5.74) is 2.57. The lowest BCUT2D eigenvalue weighted by Gasteiger charge is -2.24. The molecule has 4 atom stereocenters. The van der Waals surface area contributed by atoms with Crippen LogP contribution in [0.4, 0.5) is 0 Å². The number of allylic oxidation sites excluding steroid dienone is 3. The van der Waals surface area contributed by atoms with Gasteiger partial charge in [0.25, 0.3) is 0 Å². The zero-order chi connectivity index (χ0) is 18.4. The maximum Gasteiger partial charge on any atom is 0.236 e. The zero-order valence-corrected chi connectivity index (χ0v) is 17.2. The van der Waals surface area contributed by atoms with Gasteiger partial charge in [-0.3, -0.25) is 0 Å². The van der Waals surface area contributed by atoms with E-state index in [4.69, 9.17) is 9.16 Å². The van der Waals surface area contributed by atoms with E-state index in [1.807, 2.05) is 0 Å². The van der Waals surface area contributed by atoms with Crippen molar-refractivity contribution in [2.24, 2.45) is 11.8 Å². The topological polar surface area (TPSA) is 18.5 Å². The highest BCUT2D eigenvalue weighted by atomic mass is 28.3. The summed E-state index contributed by atoms with van der Waals surface area (Å²) >= 11 is 0. The SMILES string of the molecule is CCC.C[Si](COC1CCC2C=CC=CC21)OC1C=Cc2ccccc21. The van der Waals surface area contributed by atoms with Crippen LogP contribution >= 0.6 is 0 Å². The van der Waals surface area contributed by atoms with Crippen molar-refractivity contribution in [2.75, 3.05) is 6.23 Å². The molecule has 1 fully saturated rings. The van der Waals surface area contributed by atoms with Gasteiger partial charge < -0.3 is 9.16 Å². The van der Waals surface area contributed by atoms with E-state index in [1.54, 1.807) is 0 Å². The Balaban J connectivity index is 0.000000613. The van der Waals surface area contributed by atoms with Gasteiger partial charge in [0.05, 0.1) is 18.4 Å². The third-order valence-corrected chi connectivity index (χ3v) is 6.32. The lowest BCUT2D eigenvalue weighted by Crippen LogP contribution is -2.29. The van der Waals surface area contributed by atoms with Crippen molar-refractivity contribution in [1.82, 2.24) is 0 Å². The molecule has 1 aromatic rings. The van der Waals surface area contributed by atoms with Crippen LogP contribution in [0.3, 0.4) is 0 Å². The molecule has 0 aromatic heterocycles. The van der Waals surface area contributed by atoms with Gasteiger partial charge in [0, 0.05) is 5.92 Å². The molecule has 0 bridgehead atoms. The molecule has 1 radical (unpaired) electrons.